The van der Waals surface area contributed by atoms with Crippen molar-refractivity contribution in [1.82, 2.24) is 4.90 Å². The fourth-order valence-corrected chi connectivity index (χ4v) is 3.53. The van der Waals surface area contributed by atoms with E-state index in [2.05, 4.69) is 5.32 Å². The molecule has 0 atom stereocenters. The van der Waals surface area contributed by atoms with Gasteiger partial charge in [-0.15, -0.1) is 0 Å². The largest absolute Gasteiger partial charge is 0.461 e. The molecule has 2 heterocycles. The maximum Gasteiger partial charge on any atom is 0.255 e. The summed E-state index contributed by atoms with van der Waals surface area (Å²) in [5.41, 5.74) is 2.54. The SMILES string of the molecule is Cc1cc2cc(C(=O)Nc3cccc(C(=O)N4CCCCC4)c3)ccc2o1. The van der Waals surface area contributed by atoms with Crippen LogP contribution in [0.3, 0.4) is 0 Å². The molecule has 0 radical (unpaired) electrons. The molecule has 27 heavy (non-hydrogen) atoms. The highest BCUT2D eigenvalue weighted by molar-refractivity contribution is 6.06. The van der Waals surface area contributed by atoms with Crippen molar-refractivity contribution < 1.29 is 14.0 Å². The summed E-state index contributed by atoms with van der Waals surface area (Å²) in [5.74, 6) is 0.630. The van der Waals surface area contributed by atoms with Crippen molar-refractivity contribution in [2.24, 2.45) is 0 Å². The average Bonchev–Trinajstić information content (AvgIpc) is 3.07. The van der Waals surface area contributed by atoms with Gasteiger partial charge in [-0.05, 0) is 68.7 Å². The number of carbonyl (C=O) groups is 2. The van der Waals surface area contributed by atoms with E-state index in [0.717, 1.165) is 42.7 Å². The van der Waals surface area contributed by atoms with Gasteiger partial charge in [0.25, 0.3) is 11.8 Å². The van der Waals surface area contributed by atoms with Gasteiger partial charge in [0.2, 0.25) is 0 Å². The third-order valence-corrected chi connectivity index (χ3v) is 4.91. The summed E-state index contributed by atoms with van der Waals surface area (Å²) >= 11 is 0. The number of aryl methyl sites for hydroxylation is 1. The summed E-state index contributed by atoms with van der Waals surface area (Å²) in [7, 11) is 0. The molecule has 1 fully saturated rings. The summed E-state index contributed by atoms with van der Waals surface area (Å²) in [6, 6.07) is 14.4. The number of likely N-dealkylation sites (tertiary alicyclic amines) is 1. The first kappa shape index (κ1) is 17.3. The quantitative estimate of drug-likeness (QED) is 0.739. The van der Waals surface area contributed by atoms with Gasteiger partial charge in [-0.2, -0.15) is 0 Å². The Labute approximate surface area is 158 Å². The average molecular weight is 362 g/mol. The van der Waals surface area contributed by atoms with E-state index in [-0.39, 0.29) is 11.8 Å². The topological polar surface area (TPSA) is 62.6 Å². The summed E-state index contributed by atoms with van der Waals surface area (Å²) in [6.07, 6.45) is 3.29. The molecule has 0 saturated carbocycles. The van der Waals surface area contributed by atoms with E-state index >= 15 is 0 Å². The van der Waals surface area contributed by atoms with Crippen LogP contribution in [-0.4, -0.2) is 29.8 Å². The molecule has 5 nitrogen and oxygen atoms in total. The molecular weight excluding hydrogens is 340 g/mol. The Balaban J connectivity index is 1.51. The molecule has 2 aromatic carbocycles. The molecule has 4 rings (SSSR count). The number of amides is 2. The molecule has 3 aromatic rings. The standard InChI is InChI=1S/C22H22N2O3/c1-15-12-18-13-16(8-9-20(18)27-15)21(25)23-19-7-5-6-17(14-19)22(26)24-10-3-2-4-11-24/h5-9,12-14H,2-4,10-11H2,1H3,(H,23,25). The maximum absolute atomic E-state index is 12.7. The van der Waals surface area contributed by atoms with Gasteiger partial charge in [-0.25, -0.2) is 0 Å². The maximum atomic E-state index is 12.7. The van der Waals surface area contributed by atoms with Gasteiger partial charge < -0.3 is 14.6 Å². The van der Waals surface area contributed by atoms with Gasteiger partial charge in [-0.3, -0.25) is 9.59 Å². The Bertz CT molecular complexity index is 1000. The van der Waals surface area contributed by atoms with E-state index < -0.39 is 0 Å². The molecule has 2 amide bonds. The fourth-order valence-electron chi connectivity index (χ4n) is 3.53. The Hall–Kier alpha value is -3.08. The van der Waals surface area contributed by atoms with Gasteiger partial charge >= 0.3 is 0 Å². The number of benzene rings is 2. The molecular formula is C22H22N2O3. The number of carbonyl (C=O) groups excluding carboxylic acids is 2. The van der Waals surface area contributed by atoms with Crippen LogP contribution >= 0.6 is 0 Å². The first-order valence-corrected chi connectivity index (χ1v) is 9.31. The van der Waals surface area contributed by atoms with Crippen LogP contribution in [0.1, 0.15) is 45.7 Å². The molecule has 0 unspecified atom stereocenters. The van der Waals surface area contributed by atoms with Crippen molar-refractivity contribution in [3.05, 3.63) is 65.4 Å². The van der Waals surface area contributed by atoms with Crippen LogP contribution in [0.25, 0.3) is 11.0 Å². The van der Waals surface area contributed by atoms with Crippen LogP contribution in [0.2, 0.25) is 0 Å². The number of rotatable bonds is 3. The van der Waals surface area contributed by atoms with Crippen LogP contribution in [0.4, 0.5) is 5.69 Å². The minimum atomic E-state index is -0.210. The summed E-state index contributed by atoms with van der Waals surface area (Å²) < 4.78 is 5.55. The van der Waals surface area contributed by atoms with Crippen LogP contribution in [0, 0.1) is 6.92 Å². The van der Waals surface area contributed by atoms with Crippen molar-refractivity contribution in [2.75, 3.05) is 18.4 Å². The van der Waals surface area contributed by atoms with E-state index in [1.54, 1.807) is 36.4 Å². The van der Waals surface area contributed by atoms with E-state index in [1.807, 2.05) is 24.0 Å². The Kier molecular flexibility index (Phi) is 4.67. The number of hydrogen-bond acceptors (Lipinski definition) is 3. The van der Waals surface area contributed by atoms with Crippen LogP contribution < -0.4 is 5.32 Å². The van der Waals surface area contributed by atoms with E-state index in [9.17, 15) is 9.59 Å². The van der Waals surface area contributed by atoms with Crippen molar-refractivity contribution in [3.63, 3.8) is 0 Å². The molecule has 1 saturated heterocycles. The molecule has 1 aliphatic rings. The lowest BCUT2D eigenvalue weighted by atomic mass is 10.1. The second-order valence-corrected chi connectivity index (χ2v) is 7.00. The molecule has 1 N–H and O–H groups in total. The number of anilines is 1. The molecule has 1 aliphatic heterocycles. The lowest BCUT2D eigenvalue weighted by Crippen LogP contribution is -2.35. The van der Waals surface area contributed by atoms with Gasteiger partial charge in [0.1, 0.15) is 11.3 Å². The highest BCUT2D eigenvalue weighted by Gasteiger charge is 2.18. The van der Waals surface area contributed by atoms with Crippen molar-refractivity contribution in [2.45, 2.75) is 26.2 Å². The minimum Gasteiger partial charge on any atom is -0.461 e. The highest BCUT2D eigenvalue weighted by Crippen LogP contribution is 2.21. The number of nitrogens with one attached hydrogen (secondary N) is 1. The van der Waals surface area contributed by atoms with E-state index in [4.69, 9.17) is 4.42 Å². The second kappa shape index (κ2) is 7.27. The zero-order valence-electron chi connectivity index (χ0n) is 15.3. The zero-order chi connectivity index (χ0) is 18.8. The minimum absolute atomic E-state index is 0.0288. The lowest BCUT2D eigenvalue weighted by Gasteiger charge is -2.26. The number of furan rings is 1. The third-order valence-electron chi connectivity index (χ3n) is 4.91. The smallest absolute Gasteiger partial charge is 0.255 e. The van der Waals surface area contributed by atoms with Gasteiger partial charge in [0.15, 0.2) is 0 Å². The second-order valence-electron chi connectivity index (χ2n) is 7.00. The number of fused-ring (bicyclic) bond motifs is 1. The van der Waals surface area contributed by atoms with Crippen molar-refractivity contribution in [3.8, 4) is 0 Å². The summed E-state index contributed by atoms with van der Waals surface area (Å²) in [5, 5.41) is 3.79. The molecule has 5 heteroatoms. The van der Waals surface area contributed by atoms with Crippen LogP contribution in [0.5, 0.6) is 0 Å². The normalized spacial score (nSPS) is 14.3. The third kappa shape index (κ3) is 3.72. The number of nitrogens with zero attached hydrogens (tertiary/aromatic N) is 1. The van der Waals surface area contributed by atoms with Crippen molar-refractivity contribution >= 4 is 28.5 Å². The van der Waals surface area contributed by atoms with Crippen molar-refractivity contribution in [1.29, 1.82) is 0 Å². The van der Waals surface area contributed by atoms with E-state index in [1.165, 1.54) is 6.42 Å². The fraction of sp³-hybridized carbons (Fsp3) is 0.273. The Morgan fingerprint density at radius 1 is 0.963 bits per heavy atom. The highest BCUT2D eigenvalue weighted by atomic mass is 16.3. The molecule has 0 spiro atoms. The molecule has 0 bridgehead atoms. The summed E-state index contributed by atoms with van der Waals surface area (Å²) in [6.45, 7) is 3.49. The summed E-state index contributed by atoms with van der Waals surface area (Å²) in [4.78, 5) is 27.2. The molecule has 138 valence electrons. The predicted octanol–water partition coefficient (Wildman–Crippen LogP) is 4.62. The van der Waals surface area contributed by atoms with Gasteiger partial charge in [-0.1, -0.05) is 6.07 Å². The predicted molar refractivity (Wildman–Crippen MR) is 105 cm³/mol. The lowest BCUT2D eigenvalue weighted by molar-refractivity contribution is 0.0724. The molecule has 0 aliphatic carbocycles. The van der Waals surface area contributed by atoms with Gasteiger partial charge in [0.05, 0.1) is 0 Å². The van der Waals surface area contributed by atoms with Crippen LogP contribution in [0.15, 0.2) is 52.9 Å². The first-order valence-electron chi connectivity index (χ1n) is 9.31. The molecule has 1 aromatic heterocycles. The van der Waals surface area contributed by atoms with Crippen LogP contribution in [-0.2, 0) is 0 Å². The monoisotopic (exact) mass is 362 g/mol. The number of piperidine rings is 1. The van der Waals surface area contributed by atoms with E-state index in [0.29, 0.717) is 16.8 Å². The zero-order valence-corrected chi connectivity index (χ0v) is 15.3. The number of hydrogen-bond donors (Lipinski definition) is 1. The Morgan fingerprint density at radius 3 is 2.59 bits per heavy atom. The Morgan fingerprint density at radius 2 is 1.78 bits per heavy atom. The van der Waals surface area contributed by atoms with Gasteiger partial charge in [0, 0.05) is 35.3 Å². The first-order chi connectivity index (χ1) is 13.1.